The zero-order valence-corrected chi connectivity index (χ0v) is 19.9. The fourth-order valence-corrected chi connectivity index (χ4v) is 4.38. The van der Waals surface area contributed by atoms with E-state index in [4.69, 9.17) is 4.74 Å². The molecule has 178 valence electrons. The summed E-state index contributed by atoms with van der Waals surface area (Å²) in [5, 5.41) is 0. The van der Waals surface area contributed by atoms with E-state index < -0.39 is 12.0 Å². The maximum Gasteiger partial charge on any atom is 0.309 e. The van der Waals surface area contributed by atoms with Gasteiger partial charge in [0, 0.05) is 31.6 Å². The number of ether oxygens (including phenoxy) is 1. The summed E-state index contributed by atoms with van der Waals surface area (Å²) in [7, 11) is 1.34. The van der Waals surface area contributed by atoms with E-state index in [1.165, 1.54) is 7.11 Å². The molecule has 0 unspecified atom stereocenters. The molecule has 1 aliphatic rings. The first-order valence-corrected chi connectivity index (χ1v) is 11.5. The van der Waals surface area contributed by atoms with Crippen LogP contribution < -0.4 is 0 Å². The van der Waals surface area contributed by atoms with E-state index in [1.807, 2.05) is 51.1 Å². The van der Waals surface area contributed by atoms with Crippen molar-refractivity contribution in [3.05, 3.63) is 53.6 Å². The van der Waals surface area contributed by atoms with Crippen molar-refractivity contribution in [1.29, 1.82) is 0 Å². The van der Waals surface area contributed by atoms with Gasteiger partial charge in [-0.1, -0.05) is 44.2 Å². The molecule has 2 amide bonds. The van der Waals surface area contributed by atoms with E-state index in [0.717, 1.165) is 17.0 Å². The monoisotopic (exact) mass is 454 g/mol. The van der Waals surface area contributed by atoms with E-state index in [2.05, 4.69) is 9.97 Å². The predicted molar refractivity (Wildman–Crippen MR) is 124 cm³/mol. The number of H-pyrrole nitrogens is 1. The van der Waals surface area contributed by atoms with Crippen molar-refractivity contribution in [3.63, 3.8) is 0 Å². The average molecular weight is 455 g/mol. The van der Waals surface area contributed by atoms with E-state index in [9.17, 15) is 14.4 Å². The van der Waals surface area contributed by atoms with Crippen LogP contribution in [-0.2, 0) is 32.1 Å². The van der Waals surface area contributed by atoms with Crippen molar-refractivity contribution in [3.8, 4) is 0 Å². The molecule has 1 saturated heterocycles. The van der Waals surface area contributed by atoms with Gasteiger partial charge < -0.3 is 19.5 Å². The molecule has 8 heteroatoms. The van der Waals surface area contributed by atoms with Crippen molar-refractivity contribution < 1.29 is 19.1 Å². The van der Waals surface area contributed by atoms with Gasteiger partial charge in [-0.25, -0.2) is 4.98 Å². The van der Waals surface area contributed by atoms with E-state index in [-0.39, 0.29) is 30.1 Å². The summed E-state index contributed by atoms with van der Waals surface area (Å²) in [4.78, 5) is 50.0. The quantitative estimate of drug-likeness (QED) is 0.588. The maximum absolute atomic E-state index is 13.5. The summed E-state index contributed by atoms with van der Waals surface area (Å²) in [5.41, 5.74) is 2.73. The number of benzene rings is 1. The predicted octanol–water partition coefficient (Wildman–Crippen LogP) is 2.73. The van der Waals surface area contributed by atoms with Crippen LogP contribution in [0.4, 0.5) is 0 Å². The minimum Gasteiger partial charge on any atom is -0.469 e. The number of nitrogens with zero attached hydrogens (tertiary/aromatic N) is 3. The summed E-state index contributed by atoms with van der Waals surface area (Å²) >= 11 is 0. The largest absolute Gasteiger partial charge is 0.469 e. The van der Waals surface area contributed by atoms with Crippen molar-refractivity contribution in [2.45, 2.75) is 52.6 Å². The number of piperazine rings is 1. The number of nitrogens with one attached hydrogen (secondary N) is 1. The number of carbonyl (C=O) groups is 3. The van der Waals surface area contributed by atoms with Crippen molar-refractivity contribution in [1.82, 2.24) is 19.8 Å². The molecule has 2 heterocycles. The molecule has 1 aromatic carbocycles. The summed E-state index contributed by atoms with van der Waals surface area (Å²) < 4.78 is 4.94. The maximum atomic E-state index is 13.5. The second-order valence-electron chi connectivity index (χ2n) is 9.08. The number of imidazole rings is 1. The molecular formula is C25H34N4O4. The topological polar surface area (TPSA) is 95.6 Å². The number of esters is 1. The van der Waals surface area contributed by atoms with Crippen LogP contribution in [0.2, 0.25) is 0 Å². The molecule has 0 saturated carbocycles. The van der Waals surface area contributed by atoms with Crippen molar-refractivity contribution >= 4 is 17.8 Å². The number of aromatic amines is 1. The highest BCUT2D eigenvalue weighted by molar-refractivity contribution is 5.90. The molecule has 1 fully saturated rings. The number of methoxy groups -OCH3 is 1. The Morgan fingerprint density at radius 1 is 1.21 bits per heavy atom. The fraction of sp³-hybridized carbons (Fsp3) is 0.520. The van der Waals surface area contributed by atoms with E-state index in [1.54, 1.807) is 16.1 Å². The van der Waals surface area contributed by atoms with Gasteiger partial charge in [0.05, 0.1) is 31.6 Å². The second-order valence-corrected chi connectivity index (χ2v) is 9.08. The molecular weight excluding hydrogens is 420 g/mol. The number of amides is 2. The Morgan fingerprint density at radius 2 is 1.94 bits per heavy atom. The third-order valence-electron chi connectivity index (χ3n) is 6.16. The third kappa shape index (κ3) is 6.21. The Kier molecular flexibility index (Phi) is 8.25. The van der Waals surface area contributed by atoms with Crippen LogP contribution in [-0.4, -0.2) is 63.8 Å². The van der Waals surface area contributed by atoms with E-state index >= 15 is 0 Å². The lowest BCUT2D eigenvalue weighted by Crippen LogP contribution is -2.59. The zero-order chi connectivity index (χ0) is 24.0. The van der Waals surface area contributed by atoms with Crippen LogP contribution in [0.3, 0.4) is 0 Å². The molecule has 1 aromatic heterocycles. The molecule has 1 aliphatic heterocycles. The number of carbonyl (C=O) groups excluding carboxylic acids is 3. The zero-order valence-electron chi connectivity index (χ0n) is 19.9. The van der Waals surface area contributed by atoms with Gasteiger partial charge in [0.2, 0.25) is 11.8 Å². The number of rotatable bonds is 9. The number of hydrogen-bond acceptors (Lipinski definition) is 5. The summed E-state index contributed by atoms with van der Waals surface area (Å²) in [6, 6.07) is 9.08. The van der Waals surface area contributed by atoms with Crippen LogP contribution in [0.25, 0.3) is 0 Å². The average Bonchev–Trinajstić information content (AvgIpc) is 3.20. The van der Waals surface area contributed by atoms with Crippen molar-refractivity contribution in [2.75, 3.05) is 20.2 Å². The Balaban J connectivity index is 1.81. The lowest BCUT2D eigenvalue weighted by molar-refractivity contribution is -0.155. The molecule has 0 aliphatic carbocycles. The van der Waals surface area contributed by atoms with Crippen LogP contribution in [0, 0.1) is 18.8 Å². The fourth-order valence-electron chi connectivity index (χ4n) is 4.38. The van der Waals surface area contributed by atoms with Gasteiger partial charge in [-0.05, 0) is 24.8 Å². The number of aryl methyl sites for hydroxylation is 1. The highest BCUT2D eigenvalue weighted by Gasteiger charge is 2.39. The second kappa shape index (κ2) is 11.1. The summed E-state index contributed by atoms with van der Waals surface area (Å²) in [6.07, 6.45) is 2.66. The lowest BCUT2D eigenvalue weighted by atomic mass is 9.92. The molecule has 2 aromatic rings. The third-order valence-corrected chi connectivity index (χ3v) is 6.16. The Labute approximate surface area is 195 Å². The minimum atomic E-state index is -0.620. The molecule has 2 atom stereocenters. The Hall–Kier alpha value is -3.16. The van der Waals surface area contributed by atoms with Crippen molar-refractivity contribution in [2.24, 2.45) is 11.8 Å². The molecule has 8 nitrogen and oxygen atoms in total. The van der Waals surface area contributed by atoms with Crippen LogP contribution in [0.15, 0.2) is 36.7 Å². The van der Waals surface area contributed by atoms with Gasteiger partial charge in [0.1, 0.15) is 6.04 Å². The highest BCUT2D eigenvalue weighted by Crippen LogP contribution is 2.23. The van der Waals surface area contributed by atoms with E-state index in [0.29, 0.717) is 32.5 Å². The molecule has 0 radical (unpaired) electrons. The normalized spacial score (nSPS) is 17.4. The molecule has 33 heavy (non-hydrogen) atoms. The number of hydrogen-bond donors (Lipinski definition) is 1. The summed E-state index contributed by atoms with van der Waals surface area (Å²) in [5.74, 6) is -0.928. The van der Waals surface area contributed by atoms with Gasteiger partial charge in [0.25, 0.3) is 0 Å². The SMILES string of the molecule is COC(=O)[C@@H](CC(=O)N1CCN(Cc2nc[nH]c2C)C(=O)[C@@H]1Cc1ccccc1)CC(C)C. The molecule has 0 spiro atoms. The van der Waals surface area contributed by atoms with Gasteiger partial charge in [-0.2, -0.15) is 0 Å². The van der Waals surface area contributed by atoms with Crippen LogP contribution >= 0.6 is 0 Å². The molecule has 0 bridgehead atoms. The Morgan fingerprint density at radius 3 is 2.55 bits per heavy atom. The first kappa shape index (κ1) is 24.5. The molecule has 3 rings (SSSR count). The van der Waals surface area contributed by atoms with Gasteiger partial charge in [-0.3, -0.25) is 14.4 Å². The van der Waals surface area contributed by atoms with Crippen LogP contribution in [0.5, 0.6) is 0 Å². The minimum absolute atomic E-state index is 0.0435. The molecule has 1 N–H and O–H groups in total. The van der Waals surface area contributed by atoms with Gasteiger partial charge in [0.15, 0.2) is 0 Å². The Bertz CT molecular complexity index is 956. The van der Waals surface area contributed by atoms with Gasteiger partial charge in [-0.15, -0.1) is 0 Å². The van der Waals surface area contributed by atoms with Crippen LogP contribution in [0.1, 0.15) is 43.6 Å². The summed E-state index contributed by atoms with van der Waals surface area (Å²) in [6.45, 7) is 7.20. The smallest absolute Gasteiger partial charge is 0.309 e. The number of aromatic nitrogens is 2. The first-order valence-electron chi connectivity index (χ1n) is 11.5. The highest BCUT2D eigenvalue weighted by atomic mass is 16.5. The lowest BCUT2D eigenvalue weighted by Gasteiger charge is -2.41. The van der Waals surface area contributed by atoms with Gasteiger partial charge >= 0.3 is 5.97 Å². The standard InChI is InChI=1S/C25H34N4O4/c1-17(2)12-20(25(32)33-4)14-23(30)29-11-10-28(15-21-18(3)26-16-27-21)24(31)22(29)13-19-8-6-5-7-9-19/h5-9,16-17,20,22H,10-15H2,1-4H3,(H,26,27)/t20-,22+/m1/s1. The first-order chi connectivity index (χ1) is 15.8.